The number of hydrogen-bond acceptors (Lipinski definition) is 4. The van der Waals surface area contributed by atoms with Gasteiger partial charge < -0.3 is 8.83 Å². The highest BCUT2D eigenvalue weighted by atomic mass is 32.1. The molecule has 0 amide bonds. The first-order chi connectivity index (χ1) is 25.7. The van der Waals surface area contributed by atoms with E-state index in [0.717, 1.165) is 44.0 Å². The predicted molar refractivity (Wildman–Crippen MR) is 216 cm³/mol. The predicted octanol–water partition coefficient (Wildman–Crippen LogP) is 13.8. The van der Waals surface area contributed by atoms with Crippen LogP contribution in [0.2, 0.25) is 0 Å². The highest BCUT2D eigenvalue weighted by molar-refractivity contribution is 7.26. The molecule has 244 valence electrons. The molecule has 3 heterocycles. The molecule has 3 aromatic heterocycles. The normalized spacial score (nSPS) is 12.5. The lowest BCUT2D eigenvalue weighted by Crippen LogP contribution is -2.03. The molecule has 0 radical (unpaired) electrons. The molecule has 0 saturated carbocycles. The number of oxazole rings is 1. The molecule has 0 aliphatic carbocycles. The van der Waals surface area contributed by atoms with Crippen LogP contribution < -0.4 is 0 Å². The SMILES string of the molecule is c1ccc(-c2ccc(C(c3ccc4c(c3)oc3ccccc34)c3cccc4c3sc3ccc5nc(-c6ccc7ccccc7c6)oc5c34)cc2)cc1. The first-order valence-corrected chi connectivity index (χ1v) is 18.4. The van der Waals surface area contributed by atoms with E-state index in [0.29, 0.717) is 5.89 Å². The average molecular weight is 684 g/mol. The van der Waals surface area contributed by atoms with Gasteiger partial charge in [0.25, 0.3) is 0 Å². The quantitative estimate of drug-likeness (QED) is 0.170. The van der Waals surface area contributed by atoms with E-state index >= 15 is 0 Å². The number of furan rings is 1. The molecular weight excluding hydrogens is 655 g/mol. The Bertz CT molecular complexity index is 3130. The van der Waals surface area contributed by atoms with Crippen molar-refractivity contribution in [2.24, 2.45) is 0 Å². The molecule has 0 saturated heterocycles. The van der Waals surface area contributed by atoms with Gasteiger partial charge in [-0.05, 0) is 75.0 Å². The topological polar surface area (TPSA) is 39.2 Å². The maximum absolute atomic E-state index is 6.67. The molecular formula is C48H29NO2S. The van der Waals surface area contributed by atoms with Gasteiger partial charge in [0.2, 0.25) is 5.89 Å². The summed E-state index contributed by atoms with van der Waals surface area (Å²) < 4.78 is 15.5. The summed E-state index contributed by atoms with van der Waals surface area (Å²) in [7, 11) is 0. The first kappa shape index (κ1) is 29.3. The average Bonchev–Trinajstić information content (AvgIpc) is 3.92. The molecule has 4 heteroatoms. The Labute approximate surface area is 303 Å². The third-order valence-electron chi connectivity index (χ3n) is 10.4. The van der Waals surface area contributed by atoms with Gasteiger partial charge in [-0.3, -0.25) is 0 Å². The first-order valence-electron chi connectivity index (χ1n) is 17.6. The molecule has 11 rings (SSSR count). The maximum atomic E-state index is 6.67. The van der Waals surface area contributed by atoms with Gasteiger partial charge in [-0.2, -0.15) is 0 Å². The molecule has 0 bridgehead atoms. The summed E-state index contributed by atoms with van der Waals surface area (Å²) in [6.45, 7) is 0. The van der Waals surface area contributed by atoms with Crippen LogP contribution in [0.1, 0.15) is 22.6 Å². The highest BCUT2D eigenvalue weighted by Gasteiger charge is 2.24. The largest absolute Gasteiger partial charge is 0.456 e. The molecule has 1 atom stereocenters. The zero-order valence-corrected chi connectivity index (χ0v) is 28.7. The van der Waals surface area contributed by atoms with Crippen molar-refractivity contribution in [3.8, 4) is 22.6 Å². The second-order valence-electron chi connectivity index (χ2n) is 13.5. The summed E-state index contributed by atoms with van der Waals surface area (Å²) in [5.74, 6) is 0.608. The zero-order valence-electron chi connectivity index (χ0n) is 27.9. The number of para-hydroxylation sites is 1. The number of hydrogen-bond donors (Lipinski definition) is 0. The zero-order chi connectivity index (χ0) is 34.2. The fraction of sp³-hybridized carbons (Fsp3) is 0.0208. The minimum Gasteiger partial charge on any atom is -0.456 e. The number of rotatable bonds is 5. The summed E-state index contributed by atoms with van der Waals surface area (Å²) in [5.41, 5.74) is 10.6. The number of nitrogens with zero attached hydrogens (tertiary/aromatic N) is 1. The van der Waals surface area contributed by atoms with Crippen molar-refractivity contribution >= 4 is 75.3 Å². The van der Waals surface area contributed by atoms with Crippen LogP contribution in [0.5, 0.6) is 0 Å². The summed E-state index contributed by atoms with van der Waals surface area (Å²) >= 11 is 1.82. The van der Waals surface area contributed by atoms with Gasteiger partial charge in [-0.25, -0.2) is 4.98 Å². The third-order valence-corrected chi connectivity index (χ3v) is 11.7. The van der Waals surface area contributed by atoms with Gasteiger partial charge in [0.1, 0.15) is 16.7 Å². The van der Waals surface area contributed by atoms with Crippen LogP contribution in [0.4, 0.5) is 0 Å². The van der Waals surface area contributed by atoms with Gasteiger partial charge >= 0.3 is 0 Å². The fourth-order valence-corrected chi connectivity index (χ4v) is 9.18. The Morgan fingerprint density at radius 3 is 2.12 bits per heavy atom. The van der Waals surface area contributed by atoms with Crippen molar-refractivity contribution in [1.82, 2.24) is 4.98 Å². The van der Waals surface area contributed by atoms with Gasteiger partial charge in [0.15, 0.2) is 5.58 Å². The smallest absolute Gasteiger partial charge is 0.227 e. The maximum Gasteiger partial charge on any atom is 0.227 e. The Morgan fingerprint density at radius 1 is 0.481 bits per heavy atom. The van der Waals surface area contributed by atoms with Crippen molar-refractivity contribution in [3.63, 3.8) is 0 Å². The molecule has 3 nitrogen and oxygen atoms in total. The number of benzene rings is 8. The summed E-state index contributed by atoms with van der Waals surface area (Å²) in [6.07, 6.45) is 0. The molecule has 8 aromatic carbocycles. The van der Waals surface area contributed by atoms with Crippen molar-refractivity contribution in [2.45, 2.75) is 5.92 Å². The van der Waals surface area contributed by atoms with E-state index in [4.69, 9.17) is 13.8 Å². The molecule has 0 aliphatic rings. The third kappa shape index (κ3) is 4.62. The lowest BCUT2D eigenvalue weighted by molar-refractivity contribution is 0.623. The van der Waals surface area contributed by atoms with E-state index < -0.39 is 0 Å². The molecule has 52 heavy (non-hydrogen) atoms. The van der Waals surface area contributed by atoms with Crippen molar-refractivity contribution in [2.75, 3.05) is 0 Å². The Kier molecular flexibility index (Phi) is 6.48. The van der Waals surface area contributed by atoms with E-state index in [1.165, 1.54) is 53.4 Å². The van der Waals surface area contributed by atoms with Crippen molar-refractivity contribution < 1.29 is 8.83 Å². The van der Waals surface area contributed by atoms with Crippen LogP contribution >= 0.6 is 11.3 Å². The molecule has 0 spiro atoms. The molecule has 0 fully saturated rings. The Balaban J connectivity index is 1.10. The second kappa shape index (κ2) is 11.5. The molecule has 0 aliphatic heterocycles. The van der Waals surface area contributed by atoms with Crippen LogP contribution in [0, 0.1) is 0 Å². The van der Waals surface area contributed by atoms with Crippen LogP contribution in [0.3, 0.4) is 0 Å². The van der Waals surface area contributed by atoms with Crippen LogP contribution in [-0.2, 0) is 0 Å². The molecule has 1 unspecified atom stereocenters. The van der Waals surface area contributed by atoms with Gasteiger partial charge in [0.05, 0.1) is 0 Å². The Hall–Kier alpha value is -6.49. The van der Waals surface area contributed by atoms with Crippen LogP contribution in [0.25, 0.3) is 86.6 Å². The lowest BCUT2D eigenvalue weighted by atomic mass is 9.83. The molecule has 0 N–H and O–H groups in total. The van der Waals surface area contributed by atoms with E-state index in [-0.39, 0.29) is 5.92 Å². The van der Waals surface area contributed by atoms with Gasteiger partial charge in [0, 0.05) is 42.4 Å². The van der Waals surface area contributed by atoms with Crippen LogP contribution in [0.15, 0.2) is 179 Å². The molecule has 11 aromatic rings. The van der Waals surface area contributed by atoms with E-state index in [1.54, 1.807) is 0 Å². The summed E-state index contributed by atoms with van der Waals surface area (Å²) in [6, 6.07) is 60.4. The van der Waals surface area contributed by atoms with Crippen molar-refractivity contribution in [1.29, 1.82) is 0 Å². The summed E-state index contributed by atoms with van der Waals surface area (Å²) in [4.78, 5) is 4.99. The van der Waals surface area contributed by atoms with Gasteiger partial charge in [-0.15, -0.1) is 11.3 Å². The monoisotopic (exact) mass is 683 g/mol. The minimum atomic E-state index is -0.0300. The second-order valence-corrected chi connectivity index (χ2v) is 14.5. The van der Waals surface area contributed by atoms with Gasteiger partial charge in [-0.1, -0.05) is 133 Å². The summed E-state index contributed by atoms with van der Waals surface area (Å²) in [5, 5.41) is 6.93. The Morgan fingerprint density at radius 2 is 1.21 bits per heavy atom. The minimum absolute atomic E-state index is 0.0300. The standard InChI is InChI=1S/C48H29NO2S/c1-2-9-29(10-3-1)31-17-20-32(21-18-31)44(34-23-24-37-36-13-6-7-16-41(36)50-42(37)28-34)38-14-8-15-39-45-43(52-47(38)39)26-25-40-46(45)51-48(49-40)35-22-19-30-11-4-5-12-33(30)27-35/h1-28,44H. The number of aromatic nitrogens is 1. The lowest BCUT2D eigenvalue weighted by Gasteiger charge is -2.20. The van der Waals surface area contributed by atoms with E-state index in [1.807, 2.05) is 23.5 Å². The fourth-order valence-electron chi connectivity index (χ4n) is 7.93. The van der Waals surface area contributed by atoms with E-state index in [9.17, 15) is 0 Å². The number of thiophene rings is 1. The van der Waals surface area contributed by atoms with Crippen molar-refractivity contribution in [3.05, 3.63) is 187 Å². The van der Waals surface area contributed by atoms with Crippen LogP contribution in [-0.4, -0.2) is 4.98 Å². The van der Waals surface area contributed by atoms with E-state index in [2.05, 4.69) is 158 Å². The number of fused-ring (bicyclic) bond motifs is 9. The highest BCUT2D eigenvalue weighted by Crippen LogP contribution is 2.46.